The molecular weight excluding hydrogens is 244 g/mol. The van der Waals surface area contributed by atoms with Crippen molar-refractivity contribution in [1.29, 1.82) is 0 Å². The maximum absolute atomic E-state index is 3.86. The number of rotatable bonds is 3. The zero-order valence-electron chi connectivity index (χ0n) is 13.7. The Morgan fingerprint density at radius 1 is 1.05 bits per heavy atom. The third-order valence-electron chi connectivity index (χ3n) is 6.34. The van der Waals surface area contributed by atoms with Crippen LogP contribution in [0.15, 0.2) is 0 Å². The molecule has 0 aromatic heterocycles. The second-order valence-electron chi connectivity index (χ2n) is 8.21. The number of nitrogens with one attached hydrogen (secondary N) is 1. The van der Waals surface area contributed by atoms with Gasteiger partial charge >= 0.3 is 0 Å². The largest absolute Gasteiger partial charge is 0.311 e. The van der Waals surface area contributed by atoms with Crippen LogP contribution >= 0.6 is 0 Å². The minimum absolute atomic E-state index is 0.614. The minimum atomic E-state index is 0.614. The molecule has 0 amide bonds. The average molecular weight is 278 g/mol. The summed E-state index contributed by atoms with van der Waals surface area (Å²) < 4.78 is 0. The Kier molecular flexibility index (Phi) is 4.72. The van der Waals surface area contributed by atoms with Gasteiger partial charge in [-0.3, -0.25) is 4.90 Å². The second kappa shape index (κ2) is 6.36. The zero-order valence-corrected chi connectivity index (χ0v) is 13.7. The van der Waals surface area contributed by atoms with E-state index in [9.17, 15) is 0 Å². The zero-order chi connectivity index (χ0) is 14.0. The first-order valence-electron chi connectivity index (χ1n) is 9.14. The standard InChI is InChI=1S/C18H34N2/c1-15-12-19-17(16-8-4-3-5-9-16)13-20(15)14-18(2)10-6-7-11-18/h15-17,19H,3-14H2,1-2H3. The molecule has 2 nitrogen and oxygen atoms in total. The maximum Gasteiger partial charge on any atom is 0.0224 e. The van der Waals surface area contributed by atoms with E-state index in [1.54, 1.807) is 0 Å². The molecule has 0 radical (unpaired) electrons. The van der Waals surface area contributed by atoms with Gasteiger partial charge in [0.2, 0.25) is 0 Å². The Morgan fingerprint density at radius 2 is 1.75 bits per heavy atom. The van der Waals surface area contributed by atoms with Gasteiger partial charge in [-0.2, -0.15) is 0 Å². The van der Waals surface area contributed by atoms with Crippen LogP contribution < -0.4 is 5.32 Å². The second-order valence-corrected chi connectivity index (χ2v) is 8.21. The van der Waals surface area contributed by atoms with Crippen LogP contribution in [0.25, 0.3) is 0 Å². The lowest BCUT2D eigenvalue weighted by molar-refractivity contribution is 0.0657. The van der Waals surface area contributed by atoms with Gasteiger partial charge in [-0.1, -0.05) is 39.0 Å². The summed E-state index contributed by atoms with van der Waals surface area (Å²) in [6.07, 6.45) is 13.2. The Bertz CT molecular complexity index is 303. The highest BCUT2D eigenvalue weighted by Gasteiger charge is 2.36. The van der Waals surface area contributed by atoms with Crippen LogP contribution in [0.3, 0.4) is 0 Å². The van der Waals surface area contributed by atoms with E-state index in [0.717, 1.165) is 18.0 Å². The van der Waals surface area contributed by atoms with Crippen molar-refractivity contribution >= 4 is 0 Å². The monoisotopic (exact) mass is 278 g/mol. The lowest BCUT2D eigenvalue weighted by Crippen LogP contribution is -2.59. The Hall–Kier alpha value is -0.0800. The summed E-state index contributed by atoms with van der Waals surface area (Å²) >= 11 is 0. The number of piperazine rings is 1. The van der Waals surface area contributed by atoms with Gasteiger partial charge in [0, 0.05) is 31.7 Å². The van der Waals surface area contributed by atoms with Crippen LogP contribution in [-0.2, 0) is 0 Å². The lowest BCUT2D eigenvalue weighted by Gasteiger charge is -2.45. The fraction of sp³-hybridized carbons (Fsp3) is 1.00. The molecule has 0 aromatic rings. The number of hydrogen-bond acceptors (Lipinski definition) is 2. The lowest BCUT2D eigenvalue weighted by atomic mass is 9.81. The first kappa shape index (κ1) is 14.8. The summed E-state index contributed by atoms with van der Waals surface area (Å²) in [4.78, 5) is 2.82. The molecule has 1 heterocycles. The van der Waals surface area contributed by atoms with E-state index in [1.807, 2.05) is 0 Å². The summed E-state index contributed by atoms with van der Waals surface area (Å²) in [5.74, 6) is 0.954. The summed E-state index contributed by atoms with van der Waals surface area (Å²) in [6.45, 7) is 8.81. The van der Waals surface area contributed by atoms with Gasteiger partial charge < -0.3 is 5.32 Å². The summed E-state index contributed by atoms with van der Waals surface area (Å²) in [7, 11) is 0. The fourth-order valence-electron chi connectivity index (χ4n) is 4.90. The highest BCUT2D eigenvalue weighted by atomic mass is 15.2. The predicted molar refractivity (Wildman–Crippen MR) is 86.0 cm³/mol. The molecule has 2 atom stereocenters. The van der Waals surface area contributed by atoms with Gasteiger partial charge in [-0.15, -0.1) is 0 Å². The number of hydrogen-bond donors (Lipinski definition) is 1. The topological polar surface area (TPSA) is 15.3 Å². The molecule has 0 spiro atoms. The molecule has 1 aliphatic heterocycles. The molecule has 0 bridgehead atoms. The SMILES string of the molecule is CC1CNC(C2CCCCC2)CN1CC1(C)CCCC1. The van der Waals surface area contributed by atoms with Crippen molar-refractivity contribution in [2.24, 2.45) is 11.3 Å². The van der Waals surface area contributed by atoms with Crippen molar-refractivity contribution in [3.8, 4) is 0 Å². The van der Waals surface area contributed by atoms with Gasteiger partial charge in [0.15, 0.2) is 0 Å². The van der Waals surface area contributed by atoms with E-state index in [0.29, 0.717) is 5.41 Å². The van der Waals surface area contributed by atoms with Crippen molar-refractivity contribution < 1.29 is 0 Å². The molecule has 20 heavy (non-hydrogen) atoms. The van der Waals surface area contributed by atoms with E-state index in [-0.39, 0.29) is 0 Å². The van der Waals surface area contributed by atoms with Crippen LogP contribution in [0.2, 0.25) is 0 Å². The van der Waals surface area contributed by atoms with Crippen molar-refractivity contribution in [1.82, 2.24) is 10.2 Å². The van der Waals surface area contributed by atoms with Gasteiger partial charge in [0.05, 0.1) is 0 Å². The van der Waals surface area contributed by atoms with Crippen molar-refractivity contribution in [3.63, 3.8) is 0 Å². The first-order valence-corrected chi connectivity index (χ1v) is 9.14. The normalized spacial score (nSPS) is 36.3. The van der Waals surface area contributed by atoms with E-state index in [2.05, 4.69) is 24.1 Å². The molecule has 3 rings (SSSR count). The summed E-state index contributed by atoms with van der Waals surface area (Å²) in [6, 6.07) is 1.50. The van der Waals surface area contributed by atoms with E-state index < -0.39 is 0 Å². The van der Waals surface area contributed by atoms with E-state index >= 15 is 0 Å². The smallest absolute Gasteiger partial charge is 0.0224 e. The third-order valence-corrected chi connectivity index (χ3v) is 6.34. The average Bonchev–Trinajstić information content (AvgIpc) is 2.89. The molecule has 2 saturated carbocycles. The molecule has 2 unspecified atom stereocenters. The fourth-order valence-corrected chi connectivity index (χ4v) is 4.90. The van der Waals surface area contributed by atoms with Crippen LogP contribution in [0, 0.1) is 11.3 Å². The molecule has 2 heteroatoms. The van der Waals surface area contributed by atoms with Gasteiger partial charge in [0.25, 0.3) is 0 Å². The van der Waals surface area contributed by atoms with Crippen LogP contribution in [-0.4, -0.2) is 36.6 Å². The Balaban J connectivity index is 1.58. The van der Waals surface area contributed by atoms with Crippen LogP contribution in [0.4, 0.5) is 0 Å². The molecule has 1 N–H and O–H groups in total. The van der Waals surface area contributed by atoms with Gasteiger partial charge in [-0.25, -0.2) is 0 Å². The van der Waals surface area contributed by atoms with E-state index in [1.165, 1.54) is 77.4 Å². The summed E-state index contributed by atoms with van der Waals surface area (Å²) in [5, 5.41) is 3.86. The van der Waals surface area contributed by atoms with Crippen molar-refractivity contribution in [2.75, 3.05) is 19.6 Å². The molecule has 116 valence electrons. The molecular formula is C18H34N2. The minimum Gasteiger partial charge on any atom is -0.311 e. The van der Waals surface area contributed by atoms with Crippen molar-refractivity contribution in [3.05, 3.63) is 0 Å². The molecule has 1 saturated heterocycles. The first-order chi connectivity index (χ1) is 9.66. The number of nitrogens with zero attached hydrogens (tertiary/aromatic N) is 1. The maximum atomic E-state index is 3.86. The van der Waals surface area contributed by atoms with Crippen LogP contribution in [0.5, 0.6) is 0 Å². The predicted octanol–water partition coefficient (Wildman–Crippen LogP) is 3.81. The quantitative estimate of drug-likeness (QED) is 0.844. The highest BCUT2D eigenvalue weighted by molar-refractivity contribution is 4.92. The molecule has 0 aromatic carbocycles. The van der Waals surface area contributed by atoms with Gasteiger partial charge in [0.1, 0.15) is 0 Å². The molecule has 3 aliphatic rings. The highest BCUT2D eigenvalue weighted by Crippen LogP contribution is 2.39. The van der Waals surface area contributed by atoms with Gasteiger partial charge in [-0.05, 0) is 43.9 Å². The molecule has 2 aliphatic carbocycles. The van der Waals surface area contributed by atoms with Crippen molar-refractivity contribution in [2.45, 2.75) is 83.7 Å². The summed E-state index contributed by atoms with van der Waals surface area (Å²) in [5.41, 5.74) is 0.614. The Labute approximate surface area is 125 Å². The molecule has 3 fully saturated rings. The Morgan fingerprint density at radius 3 is 2.45 bits per heavy atom. The van der Waals surface area contributed by atoms with E-state index in [4.69, 9.17) is 0 Å². The van der Waals surface area contributed by atoms with Crippen LogP contribution in [0.1, 0.15) is 71.6 Å². The third kappa shape index (κ3) is 3.39.